The maximum Gasteiger partial charge on any atom is 0.374 e. The maximum absolute atomic E-state index is 13.8. The van der Waals surface area contributed by atoms with Gasteiger partial charge >= 0.3 is 5.97 Å². The van der Waals surface area contributed by atoms with Gasteiger partial charge in [-0.05, 0) is 43.0 Å². The molecule has 1 aliphatic carbocycles. The van der Waals surface area contributed by atoms with Gasteiger partial charge in [0.15, 0.2) is 0 Å². The Morgan fingerprint density at radius 2 is 1.77 bits per heavy atom. The van der Waals surface area contributed by atoms with E-state index in [2.05, 4.69) is 0 Å². The summed E-state index contributed by atoms with van der Waals surface area (Å²) >= 11 is 0. The summed E-state index contributed by atoms with van der Waals surface area (Å²) in [5.41, 5.74) is 0.896. The molecule has 0 aliphatic heterocycles. The second-order valence-corrected chi connectivity index (χ2v) is 8.57. The number of rotatable bonds is 7. The highest BCUT2D eigenvalue weighted by Crippen LogP contribution is 2.37. The van der Waals surface area contributed by atoms with Gasteiger partial charge in [0.05, 0.1) is 7.11 Å². The lowest BCUT2D eigenvalue weighted by Gasteiger charge is -2.32. The van der Waals surface area contributed by atoms with Crippen LogP contribution in [0.5, 0.6) is 5.75 Å². The first-order valence-electron chi connectivity index (χ1n) is 10.4. The monoisotopic (exact) mass is 412 g/mol. The number of ether oxygens (including phenoxy) is 2. The topological polar surface area (TPSA) is 52.6 Å². The van der Waals surface area contributed by atoms with Crippen molar-refractivity contribution in [3.05, 3.63) is 65.5 Å². The number of hydrogen-bond donors (Lipinski definition) is 0. The van der Waals surface area contributed by atoms with Crippen LogP contribution in [-0.2, 0) is 19.7 Å². The summed E-state index contributed by atoms with van der Waals surface area (Å²) in [5, 5.41) is 0. The van der Waals surface area contributed by atoms with Crippen molar-refractivity contribution < 1.29 is 23.5 Å². The normalized spacial score (nSPS) is 19.2. The van der Waals surface area contributed by atoms with E-state index in [1.54, 1.807) is 13.8 Å². The molecule has 2 aromatic rings. The second-order valence-electron chi connectivity index (χ2n) is 8.57. The lowest BCUT2D eigenvalue weighted by molar-refractivity contribution is -0.160. The molecule has 1 aliphatic rings. The molecule has 0 aromatic heterocycles. The summed E-state index contributed by atoms with van der Waals surface area (Å²) in [6, 6.07) is 14.2. The minimum atomic E-state index is -0.814. The molecule has 0 saturated heterocycles. The van der Waals surface area contributed by atoms with Crippen LogP contribution >= 0.6 is 0 Å². The number of hydrogen-bond acceptors (Lipinski definition) is 4. The lowest BCUT2D eigenvalue weighted by atomic mass is 9.79. The van der Waals surface area contributed by atoms with Crippen molar-refractivity contribution in [2.75, 3.05) is 7.11 Å². The zero-order valence-electron chi connectivity index (χ0n) is 17.8. The fraction of sp³-hybridized carbons (Fsp3) is 0.440. The third kappa shape index (κ3) is 5.07. The maximum atomic E-state index is 13.8. The van der Waals surface area contributed by atoms with Gasteiger partial charge in [-0.15, -0.1) is 0 Å². The predicted molar refractivity (Wildman–Crippen MR) is 113 cm³/mol. The molecule has 3 rings (SSSR count). The van der Waals surface area contributed by atoms with Crippen LogP contribution < -0.4 is 4.74 Å². The fourth-order valence-corrected chi connectivity index (χ4v) is 4.30. The molecule has 30 heavy (non-hydrogen) atoms. The van der Waals surface area contributed by atoms with Gasteiger partial charge in [0.25, 0.3) is 0 Å². The Kier molecular flexibility index (Phi) is 6.91. The van der Waals surface area contributed by atoms with Crippen LogP contribution in [0.1, 0.15) is 63.0 Å². The van der Waals surface area contributed by atoms with Gasteiger partial charge in [-0.1, -0.05) is 50.6 Å². The van der Waals surface area contributed by atoms with E-state index in [0.717, 1.165) is 31.2 Å². The van der Waals surface area contributed by atoms with Crippen molar-refractivity contribution in [2.45, 2.75) is 63.4 Å². The molecule has 2 aromatic carbocycles. The number of ketones is 1. The van der Waals surface area contributed by atoms with Gasteiger partial charge in [-0.3, -0.25) is 4.79 Å². The van der Waals surface area contributed by atoms with E-state index in [9.17, 15) is 14.0 Å². The largest absolute Gasteiger partial charge is 0.496 e. The smallest absolute Gasteiger partial charge is 0.374 e. The average Bonchev–Trinajstić information content (AvgIpc) is 2.74. The van der Waals surface area contributed by atoms with Gasteiger partial charge in [-0.25, -0.2) is 9.18 Å². The highest BCUT2D eigenvalue weighted by molar-refractivity contribution is 6.33. The first kappa shape index (κ1) is 22.0. The van der Waals surface area contributed by atoms with Crippen LogP contribution in [-0.4, -0.2) is 25.0 Å². The van der Waals surface area contributed by atoms with Crippen LogP contribution in [0.15, 0.2) is 48.5 Å². The van der Waals surface area contributed by atoms with E-state index in [1.807, 2.05) is 30.3 Å². The molecular weight excluding hydrogens is 383 g/mol. The van der Waals surface area contributed by atoms with Crippen LogP contribution in [0, 0.1) is 5.82 Å². The van der Waals surface area contributed by atoms with Crippen molar-refractivity contribution in [2.24, 2.45) is 0 Å². The predicted octanol–water partition coefficient (Wildman–Crippen LogP) is 5.34. The highest BCUT2D eigenvalue weighted by Gasteiger charge is 2.35. The minimum absolute atomic E-state index is 0.0889. The van der Waals surface area contributed by atoms with E-state index in [1.165, 1.54) is 25.3 Å². The van der Waals surface area contributed by atoms with Crippen LogP contribution in [0.4, 0.5) is 4.39 Å². The summed E-state index contributed by atoms with van der Waals surface area (Å²) < 4.78 is 24.8. The number of Topliss-reactive ketones (excluding diaryl/α,β-unsaturated/α-hetero) is 1. The molecular formula is C25H29FO4. The molecule has 1 fully saturated rings. The number of esters is 1. The molecule has 0 amide bonds. The molecule has 0 unspecified atom stereocenters. The van der Waals surface area contributed by atoms with Crippen LogP contribution in [0.3, 0.4) is 0 Å². The standard InChI is InChI=1S/C25H29FO4/c1-25(2,20-15-18(26)13-14-23(20)29-3)16-21(27)24(28)30-22-12-8-7-11-19(22)17-9-5-4-6-10-17/h4-6,9-10,13-15,19,22H,7-8,11-12,16H2,1-3H3/t19-,22+/m0/s1. The molecule has 0 radical (unpaired) electrons. The number of carbonyl (C=O) groups is 2. The molecule has 0 heterocycles. The SMILES string of the molecule is COc1ccc(F)cc1C(C)(C)CC(=O)C(=O)O[C@@H]1CCCC[C@H]1c1ccccc1. The Hall–Kier alpha value is -2.69. The number of methoxy groups -OCH3 is 1. The minimum Gasteiger partial charge on any atom is -0.496 e. The van der Waals surface area contributed by atoms with Gasteiger partial charge in [0.1, 0.15) is 17.7 Å². The number of benzene rings is 2. The Bertz CT molecular complexity index is 891. The zero-order valence-corrected chi connectivity index (χ0v) is 17.8. The van der Waals surface area contributed by atoms with Gasteiger partial charge in [0.2, 0.25) is 5.78 Å². The lowest BCUT2D eigenvalue weighted by Crippen LogP contribution is -2.34. The molecule has 1 saturated carbocycles. The first-order valence-corrected chi connectivity index (χ1v) is 10.4. The van der Waals surface area contributed by atoms with E-state index in [-0.39, 0.29) is 18.4 Å². The highest BCUT2D eigenvalue weighted by atomic mass is 19.1. The summed E-state index contributed by atoms with van der Waals surface area (Å²) in [7, 11) is 1.50. The van der Waals surface area contributed by atoms with E-state index in [0.29, 0.717) is 11.3 Å². The molecule has 4 nitrogen and oxygen atoms in total. The van der Waals surface area contributed by atoms with Crippen LogP contribution in [0.2, 0.25) is 0 Å². The second kappa shape index (κ2) is 9.41. The fourth-order valence-electron chi connectivity index (χ4n) is 4.30. The Labute approximate surface area is 177 Å². The first-order chi connectivity index (χ1) is 14.3. The molecule has 2 atom stereocenters. The average molecular weight is 413 g/mol. The van der Waals surface area contributed by atoms with Gasteiger partial charge in [-0.2, -0.15) is 0 Å². The summed E-state index contributed by atoms with van der Waals surface area (Å²) in [6.45, 7) is 3.59. The zero-order chi connectivity index (χ0) is 21.7. The number of carbonyl (C=O) groups excluding carboxylic acids is 2. The van der Waals surface area contributed by atoms with Gasteiger partial charge < -0.3 is 9.47 Å². The third-order valence-corrected chi connectivity index (χ3v) is 5.91. The van der Waals surface area contributed by atoms with E-state index < -0.39 is 23.0 Å². The van der Waals surface area contributed by atoms with E-state index >= 15 is 0 Å². The Morgan fingerprint density at radius 3 is 2.47 bits per heavy atom. The van der Waals surface area contributed by atoms with Crippen LogP contribution in [0.25, 0.3) is 0 Å². The van der Waals surface area contributed by atoms with Gasteiger partial charge in [0, 0.05) is 23.3 Å². The van der Waals surface area contributed by atoms with Crippen molar-refractivity contribution in [1.29, 1.82) is 0 Å². The Balaban J connectivity index is 1.71. The van der Waals surface area contributed by atoms with Crippen molar-refractivity contribution in [3.8, 4) is 5.75 Å². The summed E-state index contributed by atoms with van der Waals surface area (Å²) in [5.74, 6) is -1.25. The van der Waals surface area contributed by atoms with Crippen molar-refractivity contribution >= 4 is 11.8 Å². The number of halogens is 1. The molecule has 0 spiro atoms. The molecule has 5 heteroatoms. The quantitative estimate of drug-likeness (QED) is 0.455. The Morgan fingerprint density at radius 1 is 1.07 bits per heavy atom. The van der Waals surface area contributed by atoms with Crippen molar-refractivity contribution in [1.82, 2.24) is 0 Å². The molecule has 0 bridgehead atoms. The summed E-state index contributed by atoms with van der Waals surface area (Å²) in [4.78, 5) is 25.4. The molecule has 0 N–H and O–H groups in total. The van der Waals surface area contributed by atoms with Crippen molar-refractivity contribution in [3.63, 3.8) is 0 Å². The summed E-state index contributed by atoms with van der Waals surface area (Å²) in [6.07, 6.45) is 3.34. The van der Waals surface area contributed by atoms with E-state index in [4.69, 9.17) is 9.47 Å². The third-order valence-electron chi connectivity index (χ3n) is 5.91. The molecule has 160 valence electrons.